The van der Waals surface area contributed by atoms with Crippen LogP contribution < -0.4 is 5.32 Å². The van der Waals surface area contributed by atoms with Gasteiger partial charge in [-0.15, -0.1) is 0 Å². The molecule has 1 saturated carbocycles. The normalized spacial score (nSPS) is 14.9. The zero-order valence-electron chi connectivity index (χ0n) is 16.7. The molecule has 1 aromatic carbocycles. The van der Waals surface area contributed by atoms with Crippen LogP contribution in [0, 0.1) is 0 Å². The number of furan rings is 2. The van der Waals surface area contributed by atoms with E-state index in [0.29, 0.717) is 24.9 Å². The Morgan fingerprint density at radius 3 is 2.52 bits per heavy atom. The van der Waals surface area contributed by atoms with Gasteiger partial charge in [0, 0.05) is 12.6 Å². The Morgan fingerprint density at radius 2 is 1.76 bits per heavy atom. The van der Waals surface area contributed by atoms with Crippen molar-refractivity contribution in [2.75, 3.05) is 0 Å². The van der Waals surface area contributed by atoms with Crippen LogP contribution in [-0.2, 0) is 19.6 Å². The average molecular weight is 392 g/mol. The summed E-state index contributed by atoms with van der Waals surface area (Å²) in [6.07, 6.45) is 7.95. The third-order valence-electron chi connectivity index (χ3n) is 5.57. The van der Waals surface area contributed by atoms with Gasteiger partial charge in [0.1, 0.15) is 11.5 Å². The molecule has 2 aromatic heterocycles. The molecule has 29 heavy (non-hydrogen) atoms. The molecule has 3 aromatic rings. The van der Waals surface area contributed by atoms with Crippen LogP contribution in [-0.4, -0.2) is 16.8 Å². The summed E-state index contributed by atoms with van der Waals surface area (Å²) in [4.78, 5) is 14.9. The number of carbonyl (C=O) groups excluding carboxylic acids is 1. The molecule has 0 unspecified atom stereocenters. The third kappa shape index (κ3) is 5.39. The van der Waals surface area contributed by atoms with Crippen LogP contribution >= 0.6 is 0 Å². The fraction of sp³-hybridized carbons (Fsp3) is 0.375. The molecule has 0 spiro atoms. The Bertz CT molecular complexity index is 880. The molecule has 1 amide bonds. The van der Waals surface area contributed by atoms with Crippen molar-refractivity contribution in [2.45, 2.75) is 57.8 Å². The van der Waals surface area contributed by atoms with E-state index in [1.165, 1.54) is 37.7 Å². The minimum Gasteiger partial charge on any atom is -0.467 e. The van der Waals surface area contributed by atoms with Crippen molar-refractivity contribution < 1.29 is 13.6 Å². The maximum Gasteiger partial charge on any atom is 0.287 e. The molecule has 0 radical (unpaired) electrons. The van der Waals surface area contributed by atoms with E-state index in [2.05, 4.69) is 40.5 Å². The number of hydrogen-bond donors (Lipinski definition) is 1. The largest absolute Gasteiger partial charge is 0.467 e. The third-order valence-corrected chi connectivity index (χ3v) is 5.57. The van der Waals surface area contributed by atoms with E-state index < -0.39 is 0 Å². The van der Waals surface area contributed by atoms with Gasteiger partial charge in [-0.25, -0.2) is 0 Å². The van der Waals surface area contributed by atoms with Gasteiger partial charge in [0.25, 0.3) is 5.91 Å². The fourth-order valence-corrected chi connectivity index (χ4v) is 4.03. The van der Waals surface area contributed by atoms with Gasteiger partial charge in [0.05, 0.1) is 19.4 Å². The molecule has 1 fully saturated rings. The number of carbonyl (C=O) groups is 1. The van der Waals surface area contributed by atoms with Crippen molar-refractivity contribution in [1.82, 2.24) is 10.2 Å². The van der Waals surface area contributed by atoms with Crippen LogP contribution in [0.2, 0.25) is 0 Å². The van der Waals surface area contributed by atoms with Gasteiger partial charge in [0.15, 0.2) is 5.76 Å². The molecule has 152 valence electrons. The SMILES string of the molecule is O=C(NCc1ccco1)c1ccc(CN(Cc2ccccc2)C2CCCCC2)o1. The second-order valence-electron chi connectivity index (χ2n) is 7.71. The van der Waals surface area contributed by atoms with Crippen LogP contribution in [0.1, 0.15) is 59.7 Å². The van der Waals surface area contributed by atoms with Gasteiger partial charge in [0.2, 0.25) is 0 Å². The number of benzene rings is 1. The van der Waals surface area contributed by atoms with E-state index in [-0.39, 0.29) is 5.91 Å². The van der Waals surface area contributed by atoms with E-state index in [1.807, 2.05) is 12.1 Å². The molecule has 0 bridgehead atoms. The summed E-state index contributed by atoms with van der Waals surface area (Å²) in [5.41, 5.74) is 1.31. The minimum atomic E-state index is -0.222. The van der Waals surface area contributed by atoms with E-state index >= 15 is 0 Å². The van der Waals surface area contributed by atoms with Crippen molar-refractivity contribution >= 4 is 5.91 Å². The van der Waals surface area contributed by atoms with E-state index in [9.17, 15) is 4.79 Å². The Labute approximate surface area is 171 Å². The summed E-state index contributed by atoms with van der Waals surface area (Å²) >= 11 is 0. The van der Waals surface area contributed by atoms with Crippen LogP contribution in [0.5, 0.6) is 0 Å². The molecule has 1 aliphatic rings. The second kappa shape index (κ2) is 9.61. The number of nitrogens with one attached hydrogen (secondary N) is 1. The highest BCUT2D eigenvalue weighted by Gasteiger charge is 2.23. The number of nitrogens with zero attached hydrogens (tertiary/aromatic N) is 1. The van der Waals surface area contributed by atoms with Crippen LogP contribution in [0.15, 0.2) is 69.7 Å². The lowest BCUT2D eigenvalue weighted by molar-refractivity contribution is 0.0910. The number of hydrogen-bond acceptors (Lipinski definition) is 4. The lowest BCUT2D eigenvalue weighted by atomic mass is 9.93. The molecular formula is C24H28N2O3. The molecule has 0 atom stereocenters. The van der Waals surface area contributed by atoms with Crippen LogP contribution in [0.4, 0.5) is 0 Å². The molecule has 5 heteroatoms. The first-order chi connectivity index (χ1) is 14.3. The van der Waals surface area contributed by atoms with Gasteiger partial charge in [-0.2, -0.15) is 0 Å². The predicted molar refractivity (Wildman–Crippen MR) is 111 cm³/mol. The number of amides is 1. The summed E-state index contributed by atoms with van der Waals surface area (Å²) in [5.74, 6) is 1.67. The van der Waals surface area contributed by atoms with Gasteiger partial charge in [-0.1, -0.05) is 49.6 Å². The molecule has 2 heterocycles. The van der Waals surface area contributed by atoms with Crippen molar-refractivity contribution in [3.8, 4) is 0 Å². The smallest absolute Gasteiger partial charge is 0.287 e. The van der Waals surface area contributed by atoms with Gasteiger partial charge in [-0.05, 0) is 42.7 Å². The molecule has 4 rings (SSSR count). The minimum absolute atomic E-state index is 0.222. The fourth-order valence-electron chi connectivity index (χ4n) is 4.03. The average Bonchev–Trinajstić information content (AvgIpc) is 3.45. The number of rotatable bonds is 8. The van der Waals surface area contributed by atoms with Crippen molar-refractivity contribution in [1.29, 1.82) is 0 Å². The maximum absolute atomic E-state index is 12.4. The van der Waals surface area contributed by atoms with Crippen LogP contribution in [0.25, 0.3) is 0 Å². The zero-order valence-corrected chi connectivity index (χ0v) is 16.7. The van der Waals surface area contributed by atoms with Gasteiger partial charge >= 0.3 is 0 Å². The highest BCUT2D eigenvalue weighted by Crippen LogP contribution is 2.26. The lowest BCUT2D eigenvalue weighted by Gasteiger charge is -2.33. The molecular weight excluding hydrogens is 364 g/mol. The van der Waals surface area contributed by atoms with Crippen LogP contribution in [0.3, 0.4) is 0 Å². The Balaban J connectivity index is 1.40. The zero-order chi connectivity index (χ0) is 19.9. The van der Waals surface area contributed by atoms with Gasteiger partial charge in [-0.3, -0.25) is 9.69 Å². The first-order valence-corrected chi connectivity index (χ1v) is 10.5. The Morgan fingerprint density at radius 1 is 0.931 bits per heavy atom. The van der Waals surface area contributed by atoms with Crippen molar-refractivity contribution in [3.63, 3.8) is 0 Å². The topological polar surface area (TPSA) is 58.6 Å². The first kappa shape index (κ1) is 19.5. The van der Waals surface area contributed by atoms with Crippen molar-refractivity contribution in [2.24, 2.45) is 0 Å². The molecule has 1 aliphatic carbocycles. The first-order valence-electron chi connectivity index (χ1n) is 10.5. The monoisotopic (exact) mass is 392 g/mol. The summed E-state index contributed by atoms with van der Waals surface area (Å²) < 4.78 is 11.1. The second-order valence-corrected chi connectivity index (χ2v) is 7.71. The maximum atomic E-state index is 12.4. The molecule has 0 aliphatic heterocycles. The summed E-state index contributed by atoms with van der Waals surface area (Å²) in [7, 11) is 0. The lowest BCUT2D eigenvalue weighted by Crippen LogP contribution is -2.35. The standard InChI is InChI=1S/C24H28N2O3/c27-24(25-16-21-12-7-15-28-21)23-14-13-22(29-23)18-26(20-10-5-2-6-11-20)17-19-8-3-1-4-9-19/h1,3-4,7-9,12-15,20H,2,5-6,10-11,16-18H2,(H,25,27). The Hall–Kier alpha value is -2.79. The molecule has 0 saturated heterocycles. The Kier molecular flexibility index (Phi) is 6.47. The quantitative estimate of drug-likeness (QED) is 0.577. The highest BCUT2D eigenvalue weighted by atomic mass is 16.4. The summed E-state index contributed by atoms with van der Waals surface area (Å²) in [6, 6.07) is 18.4. The molecule has 5 nitrogen and oxygen atoms in total. The van der Waals surface area contributed by atoms with Crippen molar-refractivity contribution in [3.05, 3.63) is 83.7 Å². The summed E-state index contributed by atoms with van der Waals surface area (Å²) in [5, 5.41) is 2.83. The predicted octanol–water partition coefficient (Wildman–Crippen LogP) is 5.14. The van der Waals surface area contributed by atoms with E-state index in [4.69, 9.17) is 8.83 Å². The van der Waals surface area contributed by atoms with Gasteiger partial charge < -0.3 is 14.2 Å². The summed E-state index contributed by atoms with van der Waals surface area (Å²) in [6.45, 7) is 1.96. The molecule has 1 N–H and O–H groups in total. The van der Waals surface area contributed by atoms with E-state index in [1.54, 1.807) is 18.4 Å². The highest BCUT2D eigenvalue weighted by molar-refractivity contribution is 5.91. The van der Waals surface area contributed by atoms with E-state index in [0.717, 1.165) is 18.1 Å².